The topological polar surface area (TPSA) is 60.2 Å². The van der Waals surface area contributed by atoms with E-state index in [0.717, 1.165) is 5.56 Å². The number of benzene rings is 1. The smallest absolute Gasteiger partial charge is 0.225 e. The number of rotatable bonds is 3. The second kappa shape index (κ2) is 4.33. The van der Waals surface area contributed by atoms with Crippen LogP contribution in [0.15, 0.2) is 29.2 Å². The monoisotopic (exact) mass is 231 g/mol. The summed E-state index contributed by atoms with van der Waals surface area (Å²) in [5, 5.41) is 5.24. The summed E-state index contributed by atoms with van der Waals surface area (Å²) in [6, 6.07) is 6.82. The van der Waals surface area contributed by atoms with Crippen molar-refractivity contribution in [2.75, 3.05) is 6.26 Å². The molecule has 0 heterocycles. The molecule has 0 aliphatic carbocycles. The van der Waals surface area contributed by atoms with Gasteiger partial charge in [0.15, 0.2) is 0 Å². The molecule has 1 rings (SSSR count). The van der Waals surface area contributed by atoms with E-state index in [4.69, 9.17) is 5.14 Å². The molecule has 0 aliphatic heterocycles. The number of primary sulfonamides is 1. The largest absolute Gasteiger partial charge is 0.238 e. The highest BCUT2D eigenvalue weighted by Gasteiger charge is 2.16. The summed E-state index contributed by atoms with van der Waals surface area (Å²) in [5.41, 5.74) is 0.766. The molecule has 1 aromatic carbocycles. The molecule has 0 saturated heterocycles. The first-order valence-corrected chi connectivity index (χ1v) is 6.94. The average Bonchev–Trinajstić information content (AvgIpc) is 2.15. The lowest BCUT2D eigenvalue weighted by atomic mass is 10.2. The molecule has 1 atom stereocenters. The van der Waals surface area contributed by atoms with Crippen molar-refractivity contribution < 1.29 is 8.42 Å². The molecule has 0 aliphatic rings. The Morgan fingerprint density at radius 2 is 1.93 bits per heavy atom. The third-order valence-electron chi connectivity index (χ3n) is 2.02. The Labute approximate surface area is 88.8 Å². The summed E-state index contributed by atoms with van der Waals surface area (Å²) in [6.07, 6.45) is 1.94. The predicted octanol–water partition coefficient (Wildman–Crippen LogP) is 1.76. The molecule has 78 valence electrons. The Bertz CT molecular complexity index is 415. The van der Waals surface area contributed by atoms with Gasteiger partial charge in [0.2, 0.25) is 10.0 Å². The SMILES string of the molecule is CSC(C)c1ccccc1S(N)(=O)=O. The second-order valence-electron chi connectivity index (χ2n) is 2.96. The molecule has 0 amide bonds. The molecule has 0 radical (unpaired) electrons. The van der Waals surface area contributed by atoms with Crippen LogP contribution in [0.4, 0.5) is 0 Å². The summed E-state index contributed by atoms with van der Waals surface area (Å²) < 4.78 is 22.5. The van der Waals surface area contributed by atoms with E-state index in [1.165, 1.54) is 6.07 Å². The van der Waals surface area contributed by atoms with E-state index in [1.54, 1.807) is 23.9 Å². The first-order valence-electron chi connectivity index (χ1n) is 4.11. The van der Waals surface area contributed by atoms with Crippen molar-refractivity contribution in [3.63, 3.8) is 0 Å². The Morgan fingerprint density at radius 3 is 2.43 bits per heavy atom. The molecule has 0 spiro atoms. The van der Waals surface area contributed by atoms with Crippen molar-refractivity contribution in [1.82, 2.24) is 0 Å². The Hall–Kier alpha value is -0.520. The highest BCUT2D eigenvalue weighted by molar-refractivity contribution is 7.98. The first-order chi connectivity index (χ1) is 6.46. The summed E-state index contributed by atoms with van der Waals surface area (Å²) in [7, 11) is -3.60. The van der Waals surface area contributed by atoms with E-state index in [0.29, 0.717) is 0 Å². The number of hydrogen-bond acceptors (Lipinski definition) is 3. The summed E-state index contributed by atoms with van der Waals surface area (Å²) in [4.78, 5) is 0.224. The van der Waals surface area contributed by atoms with Gasteiger partial charge >= 0.3 is 0 Å². The molecule has 0 aromatic heterocycles. The highest BCUT2D eigenvalue weighted by Crippen LogP contribution is 2.29. The van der Waals surface area contributed by atoms with Gasteiger partial charge in [-0.15, -0.1) is 0 Å². The quantitative estimate of drug-likeness (QED) is 0.862. The van der Waals surface area contributed by atoms with E-state index in [2.05, 4.69) is 0 Å². The number of thioether (sulfide) groups is 1. The molecule has 1 aromatic rings. The van der Waals surface area contributed by atoms with Crippen LogP contribution in [0.5, 0.6) is 0 Å². The van der Waals surface area contributed by atoms with Gasteiger partial charge in [-0.1, -0.05) is 18.2 Å². The van der Waals surface area contributed by atoms with Crippen LogP contribution in [-0.2, 0) is 10.0 Å². The van der Waals surface area contributed by atoms with Crippen LogP contribution < -0.4 is 5.14 Å². The molecular weight excluding hydrogens is 218 g/mol. The van der Waals surface area contributed by atoms with Gasteiger partial charge in [0, 0.05) is 5.25 Å². The standard InChI is InChI=1S/C9H13NO2S2/c1-7(13-2)8-5-3-4-6-9(8)14(10,11)12/h3-7H,1-2H3,(H2,10,11,12). The Kier molecular flexibility index (Phi) is 3.58. The molecule has 0 bridgehead atoms. The lowest BCUT2D eigenvalue weighted by molar-refractivity contribution is 0.596. The lowest BCUT2D eigenvalue weighted by Crippen LogP contribution is -2.14. The van der Waals surface area contributed by atoms with Gasteiger partial charge in [-0.2, -0.15) is 11.8 Å². The van der Waals surface area contributed by atoms with Crippen molar-refractivity contribution in [1.29, 1.82) is 0 Å². The zero-order valence-corrected chi connectivity index (χ0v) is 9.73. The van der Waals surface area contributed by atoms with Crippen LogP contribution in [0.3, 0.4) is 0 Å². The number of hydrogen-bond donors (Lipinski definition) is 1. The van der Waals surface area contributed by atoms with Gasteiger partial charge in [0.25, 0.3) is 0 Å². The van der Waals surface area contributed by atoms with Crippen molar-refractivity contribution >= 4 is 21.8 Å². The van der Waals surface area contributed by atoms with Crippen LogP contribution in [-0.4, -0.2) is 14.7 Å². The first kappa shape index (κ1) is 11.6. The van der Waals surface area contributed by atoms with Crippen LogP contribution in [0, 0.1) is 0 Å². The average molecular weight is 231 g/mol. The van der Waals surface area contributed by atoms with Crippen molar-refractivity contribution in [2.24, 2.45) is 5.14 Å². The predicted molar refractivity (Wildman–Crippen MR) is 59.7 cm³/mol. The van der Waals surface area contributed by atoms with E-state index < -0.39 is 10.0 Å². The van der Waals surface area contributed by atoms with Gasteiger partial charge in [-0.05, 0) is 24.8 Å². The third kappa shape index (κ3) is 2.50. The van der Waals surface area contributed by atoms with E-state index in [-0.39, 0.29) is 10.1 Å². The maximum atomic E-state index is 11.2. The van der Waals surface area contributed by atoms with Crippen LogP contribution >= 0.6 is 11.8 Å². The molecule has 0 fully saturated rings. The Balaban J connectivity index is 3.30. The fraction of sp³-hybridized carbons (Fsp3) is 0.333. The number of nitrogens with two attached hydrogens (primary N) is 1. The maximum Gasteiger partial charge on any atom is 0.238 e. The van der Waals surface area contributed by atoms with Crippen LogP contribution in [0.1, 0.15) is 17.7 Å². The van der Waals surface area contributed by atoms with Gasteiger partial charge in [-0.25, -0.2) is 13.6 Å². The molecule has 2 N–H and O–H groups in total. The molecule has 0 saturated carbocycles. The zero-order valence-electron chi connectivity index (χ0n) is 8.10. The van der Waals surface area contributed by atoms with Crippen molar-refractivity contribution in [2.45, 2.75) is 17.1 Å². The van der Waals surface area contributed by atoms with E-state index >= 15 is 0 Å². The fourth-order valence-corrected chi connectivity index (χ4v) is 2.58. The van der Waals surface area contributed by atoms with Crippen molar-refractivity contribution in [3.8, 4) is 0 Å². The zero-order chi connectivity index (χ0) is 10.8. The minimum atomic E-state index is -3.60. The number of sulfonamides is 1. The van der Waals surface area contributed by atoms with Gasteiger partial charge in [-0.3, -0.25) is 0 Å². The van der Waals surface area contributed by atoms with Crippen molar-refractivity contribution in [3.05, 3.63) is 29.8 Å². The Morgan fingerprint density at radius 1 is 1.36 bits per heavy atom. The minimum absolute atomic E-state index is 0.129. The molecule has 3 nitrogen and oxygen atoms in total. The molecular formula is C9H13NO2S2. The van der Waals surface area contributed by atoms with E-state index in [1.807, 2.05) is 19.2 Å². The molecule has 14 heavy (non-hydrogen) atoms. The van der Waals surface area contributed by atoms with Gasteiger partial charge in [0.05, 0.1) is 4.90 Å². The summed E-state index contributed by atoms with van der Waals surface area (Å²) in [5.74, 6) is 0. The lowest BCUT2D eigenvalue weighted by Gasteiger charge is -2.12. The van der Waals surface area contributed by atoms with Gasteiger partial charge < -0.3 is 0 Å². The summed E-state index contributed by atoms with van der Waals surface area (Å²) >= 11 is 1.59. The summed E-state index contributed by atoms with van der Waals surface area (Å²) in [6.45, 7) is 1.95. The fourth-order valence-electron chi connectivity index (χ4n) is 1.20. The third-order valence-corrected chi connectivity index (χ3v) is 3.96. The molecule has 5 heteroatoms. The normalized spacial score (nSPS) is 13.9. The van der Waals surface area contributed by atoms with Crippen LogP contribution in [0.25, 0.3) is 0 Å². The minimum Gasteiger partial charge on any atom is -0.225 e. The highest BCUT2D eigenvalue weighted by atomic mass is 32.2. The van der Waals surface area contributed by atoms with Gasteiger partial charge in [0.1, 0.15) is 0 Å². The second-order valence-corrected chi connectivity index (χ2v) is 5.67. The molecule has 1 unspecified atom stereocenters. The van der Waals surface area contributed by atoms with E-state index in [9.17, 15) is 8.42 Å². The van der Waals surface area contributed by atoms with Crippen LogP contribution in [0.2, 0.25) is 0 Å². The maximum absolute atomic E-state index is 11.2.